The van der Waals surface area contributed by atoms with Crippen LogP contribution in [0, 0.1) is 13.8 Å². The van der Waals surface area contributed by atoms with Crippen molar-refractivity contribution in [2.75, 3.05) is 5.32 Å². The van der Waals surface area contributed by atoms with Crippen molar-refractivity contribution in [1.82, 2.24) is 19.7 Å². The number of carboxylic acid groups (broad SMARTS) is 1. The van der Waals surface area contributed by atoms with Gasteiger partial charge in [-0.2, -0.15) is 5.10 Å². The Morgan fingerprint density at radius 1 is 0.936 bits per heavy atom. The highest BCUT2D eigenvalue weighted by Gasteiger charge is 2.22. The number of aryl methyl sites for hydroxylation is 2. The largest absolute Gasteiger partial charge is 0.487 e. The number of aromatic nitrogens is 3. The molecule has 0 saturated heterocycles. The van der Waals surface area contributed by atoms with E-state index >= 15 is 0 Å². The molecule has 10 nitrogen and oxygen atoms in total. The Labute approximate surface area is 277 Å². The van der Waals surface area contributed by atoms with Crippen LogP contribution in [0.15, 0.2) is 89.7 Å². The maximum atomic E-state index is 13.4. The van der Waals surface area contributed by atoms with Gasteiger partial charge in [-0.25, -0.2) is 14.3 Å². The lowest BCUT2D eigenvalue weighted by molar-refractivity contribution is 0.0696. The van der Waals surface area contributed by atoms with Gasteiger partial charge in [-0.1, -0.05) is 80.9 Å². The molecule has 0 aliphatic rings. The third kappa shape index (κ3) is 7.39. The molecule has 2 amide bonds. The first-order valence-electron chi connectivity index (χ1n) is 15.0. The van der Waals surface area contributed by atoms with Crippen LogP contribution in [0.3, 0.4) is 0 Å². The summed E-state index contributed by atoms with van der Waals surface area (Å²) < 4.78 is 9.12. The van der Waals surface area contributed by atoms with E-state index in [2.05, 4.69) is 31.4 Å². The maximum absolute atomic E-state index is 13.4. The number of carbonyl (C=O) groups excluding carboxylic acids is 1. The molecule has 11 heteroatoms. The van der Waals surface area contributed by atoms with Crippen LogP contribution in [0.4, 0.5) is 10.6 Å². The fraction of sp³-hybridized carbons (Fsp3) is 0.222. The molecule has 47 heavy (non-hydrogen) atoms. The molecule has 5 rings (SSSR count). The molecule has 3 N–H and O–H groups in total. The molecule has 0 fully saturated rings. The molecule has 0 bridgehead atoms. The summed E-state index contributed by atoms with van der Waals surface area (Å²) in [6.45, 7) is 10.0. The number of nitrogens with one attached hydrogen (secondary N) is 2. The number of anilines is 1. The second kappa shape index (κ2) is 13.6. The van der Waals surface area contributed by atoms with Crippen LogP contribution in [-0.4, -0.2) is 31.5 Å². The fourth-order valence-electron chi connectivity index (χ4n) is 5.03. The van der Waals surface area contributed by atoms with E-state index in [0.717, 1.165) is 28.1 Å². The van der Waals surface area contributed by atoms with Crippen LogP contribution in [0.25, 0.3) is 11.4 Å². The van der Waals surface area contributed by atoms with Gasteiger partial charge in [0, 0.05) is 29.8 Å². The SMILES string of the molecule is Cc1ccc(C(=O)O)cc1-n1c(C)cc(OCc2ccccc2CNC(=O)Nc2cc(C(C)(C)C)nn2-c2ccccc2)c(Cl)c1=O. The molecule has 2 aromatic heterocycles. The zero-order chi connectivity index (χ0) is 33.9. The summed E-state index contributed by atoms with van der Waals surface area (Å²) in [5, 5.41) is 19.9. The Morgan fingerprint density at radius 3 is 2.30 bits per heavy atom. The smallest absolute Gasteiger partial charge is 0.335 e. The monoisotopic (exact) mass is 653 g/mol. The number of hydrogen-bond acceptors (Lipinski definition) is 5. The molecule has 5 aromatic rings. The van der Waals surface area contributed by atoms with Gasteiger partial charge in [-0.3, -0.25) is 14.7 Å². The lowest BCUT2D eigenvalue weighted by Gasteiger charge is -2.17. The summed E-state index contributed by atoms with van der Waals surface area (Å²) in [5.74, 6) is -0.358. The number of carbonyl (C=O) groups is 2. The van der Waals surface area contributed by atoms with Gasteiger partial charge < -0.3 is 15.2 Å². The van der Waals surface area contributed by atoms with Crippen molar-refractivity contribution in [2.24, 2.45) is 0 Å². The van der Waals surface area contributed by atoms with E-state index < -0.39 is 17.6 Å². The number of carboxylic acids is 1. The predicted octanol–water partition coefficient (Wildman–Crippen LogP) is 7.19. The predicted molar refractivity (Wildman–Crippen MR) is 182 cm³/mol. The van der Waals surface area contributed by atoms with Crippen LogP contribution >= 0.6 is 11.6 Å². The normalized spacial score (nSPS) is 11.3. The summed E-state index contributed by atoms with van der Waals surface area (Å²) >= 11 is 6.50. The first-order valence-corrected chi connectivity index (χ1v) is 15.4. The number of hydrogen-bond donors (Lipinski definition) is 3. The number of aromatic carboxylic acids is 1. The van der Waals surface area contributed by atoms with Crippen molar-refractivity contribution in [1.29, 1.82) is 0 Å². The van der Waals surface area contributed by atoms with Crippen LogP contribution in [0.2, 0.25) is 5.02 Å². The highest BCUT2D eigenvalue weighted by molar-refractivity contribution is 6.31. The molecule has 0 unspecified atom stereocenters. The number of pyridine rings is 1. The summed E-state index contributed by atoms with van der Waals surface area (Å²) in [6.07, 6.45) is 0. The molecule has 2 heterocycles. The van der Waals surface area contributed by atoms with Gasteiger partial charge in [0.2, 0.25) is 0 Å². The number of nitrogens with zero attached hydrogens (tertiary/aromatic N) is 3. The maximum Gasteiger partial charge on any atom is 0.335 e. The molecular formula is C36H36ClN5O5. The van der Waals surface area contributed by atoms with E-state index in [1.54, 1.807) is 30.7 Å². The van der Waals surface area contributed by atoms with Gasteiger partial charge in [0.05, 0.1) is 22.6 Å². The average Bonchev–Trinajstić information content (AvgIpc) is 3.47. The number of ether oxygens (including phenoxy) is 1. The van der Waals surface area contributed by atoms with E-state index in [4.69, 9.17) is 21.4 Å². The van der Waals surface area contributed by atoms with Gasteiger partial charge in [0.25, 0.3) is 5.56 Å². The van der Waals surface area contributed by atoms with E-state index in [1.165, 1.54) is 16.7 Å². The van der Waals surface area contributed by atoms with Crippen molar-refractivity contribution < 1.29 is 19.4 Å². The van der Waals surface area contributed by atoms with Gasteiger partial charge in [-0.05, 0) is 54.8 Å². The number of para-hydroxylation sites is 1. The lowest BCUT2D eigenvalue weighted by Crippen LogP contribution is -2.29. The third-order valence-electron chi connectivity index (χ3n) is 7.66. The Kier molecular flexibility index (Phi) is 9.53. The second-order valence-corrected chi connectivity index (χ2v) is 12.6. The van der Waals surface area contributed by atoms with Crippen LogP contribution in [-0.2, 0) is 18.6 Å². The standard InChI is InChI=1S/C36H36ClN5O5/c1-22-15-16-24(34(44)45)18-28(22)41-23(2)17-29(32(37)33(41)43)47-21-26-12-10-9-11-25(26)20-38-35(46)39-31-19-30(36(3,4)5)40-42(31)27-13-7-6-8-14-27/h6-19H,20-21H2,1-5H3,(H,44,45)(H2,38,39,46). The molecule has 0 atom stereocenters. The summed E-state index contributed by atoms with van der Waals surface area (Å²) in [6, 6.07) is 24.8. The zero-order valence-corrected chi connectivity index (χ0v) is 27.6. The number of halogens is 1. The van der Waals surface area contributed by atoms with E-state index in [0.29, 0.717) is 17.2 Å². The summed E-state index contributed by atoms with van der Waals surface area (Å²) in [4.78, 5) is 38.0. The topological polar surface area (TPSA) is 127 Å². The second-order valence-electron chi connectivity index (χ2n) is 12.2. The highest BCUT2D eigenvalue weighted by atomic mass is 35.5. The molecule has 0 radical (unpaired) electrons. The van der Waals surface area contributed by atoms with Crippen LogP contribution < -0.4 is 20.9 Å². The molecule has 0 spiro atoms. The minimum atomic E-state index is -1.10. The Morgan fingerprint density at radius 2 is 1.62 bits per heavy atom. The molecule has 0 aliphatic heterocycles. The number of benzene rings is 3. The van der Waals surface area contributed by atoms with Crippen molar-refractivity contribution in [3.8, 4) is 17.1 Å². The first-order chi connectivity index (χ1) is 22.3. The lowest BCUT2D eigenvalue weighted by atomic mass is 9.92. The van der Waals surface area contributed by atoms with Crippen molar-refractivity contribution in [2.45, 2.75) is 53.2 Å². The molecule has 242 valence electrons. The Balaban J connectivity index is 1.31. The number of urea groups is 1. The average molecular weight is 654 g/mol. The summed E-state index contributed by atoms with van der Waals surface area (Å²) in [5.41, 5.74) is 4.26. The Hall–Kier alpha value is -5.35. The van der Waals surface area contributed by atoms with Crippen LogP contribution in [0.1, 0.15) is 59.2 Å². The van der Waals surface area contributed by atoms with E-state index in [9.17, 15) is 19.5 Å². The molecular weight excluding hydrogens is 618 g/mol. The van der Waals surface area contributed by atoms with Gasteiger partial charge >= 0.3 is 12.0 Å². The Bertz CT molecular complexity index is 2010. The number of rotatable bonds is 9. The fourth-order valence-corrected chi connectivity index (χ4v) is 5.23. The van der Waals surface area contributed by atoms with Crippen molar-refractivity contribution in [3.05, 3.63) is 134 Å². The molecule has 3 aromatic carbocycles. The van der Waals surface area contributed by atoms with Crippen molar-refractivity contribution >= 4 is 29.4 Å². The van der Waals surface area contributed by atoms with Gasteiger partial charge in [0.15, 0.2) is 0 Å². The van der Waals surface area contributed by atoms with Gasteiger partial charge in [0.1, 0.15) is 23.2 Å². The third-order valence-corrected chi connectivity index (χ3v) is 8.01. The minimum absolute atomic E-state index is 0.0590. The number of amides is 2. The molecule has 0 saturated carbocycles. The summed E-state index contributed by atoms with van der Waals surface area (Å²) in [7, 11) is 0. The zero-order valence-electron chi connectivity index (χ0n) is 26.8. The minimum Gasteiger partial charge on any atom is -0.487 e. The molecule has 0 aliphatic carbocycles. The quantitative estimate of drug-likeness (QED) is 0.155. The first kappa shape index (κ1) is 33.0. The van der Waals surface area contributed by atoms with E-state index in [-0.39, 0.29) is 34.9 Å². The van der Waals surface area contributed by atoms with Crippen LogP contribution in [0.5, 0.6) is 5.75 Å². The van der Waals surface area contributed by atoms with Gasteiger partial charge in [-0.15, -0.1) is 0 Å². The van der Waals surface area contributed by atoms with E-state index in [1.807, 2.05) is 60.7 Å². The highest BCUT2D eigenvalue weighted by Crippen LogP contribution is 2.28. The van der Waals surface area contributed by atoms with Crippen molar-refractivity contribution in [3.63, 3.8) is 0 Å².